The molecule has 1 N–H and O–H groups in total. The first-order valence-corrected chi connectivity index (χ1v) is 11.0. The van der Waals surface area contributed by atoms with Crippen molar-refractivity contribution in [1.29, 1.82) is 0 Å². The molecule has 2 aromatic carbocycles. The van der Waals surface area contributed by atoms with Crippen LogP contribution in [0.25, 0.3) is 0 Å². The number of carbonyl (C=O) groups excluding carboxylic acids is 1. The Morgan fingerprint density at radius 3 is 2.43 bits per heavy atom. The molecule has 0 unspecified atom stereocenters. The number of nitrogens with zero attached hydrogens (tertiary/aromatic N) is 2. The first-order chi connectivity index (χ1) is 13.3. The molecule has 1 aliphatic heterocycles. The minimum Gasteiger partial charge on any atom is -0.336 e. The van der Waals surface area contributed by atoms with Gasteiger partial charge in [0.2, 0.25) is 0 Å². The van der Waals surface area contributed by atoms with Gasteiger partial charge in [0.1, 0.15) is 0 Å². The minimum atomic E-state index is -3.73. The van der Waals surface area contributed by atoms with E-state index in [1.165, 1.54) is 0 Å². The Morgan fingerprint density at radius 1 is 1.04 bits per heavy atom. The number of nitrogens with one attached hydrogen (secondary N) is 1. The van der Waals surface area contributed by atoms with E-state index in [0.29, 0.717) is 29.9 Å². The smallest absolute Gasteiger partial charge is 0.262 e. The zero-order valence-corrected chi connectivity index (χ0v) is 17.4. The molecular weight excluding hydrogens is 374 g/mol. The Morgan fingerprint density at radius 2 is 1.75 bits per heavy atom. The van der Waals surface area contributed by atoms with Crippen molar-refractivity contribution in [3.05, 3.63) is 59.2 Å². The van der Waals surface area contributed by atoms with Crippen LogP contribution in [0.3, 0.4) is 0 Å². The lowest BCUT2D eigenvalue weighted by molar-refractivity contribution is 0.0643. The molecule has 150 valence electrons. The van der Waals surface area contributed by atoms with Crippen LogP contribution in [0.1, 0.15) is 28.4 Å². The van der Waals surface area contributed by atoms with Gasteiger partial charge in [0.05, 0.1) is 4.90 Å². The van der Waals surface area contributed by atoms with E-state index in [2.05, 4.69) is 16.5 Å². The summed E-state index contributed by atoms with van der Waals surface area (Å²) < 4.78 is 28.2. The minimum absolute atomic E-state index is 0.0662. The molecule has 1 amide bonds. The molecule has 7 heteroatoms. The van der Waals surface area contributed by atoms with E-state index in [9.17, 15) is 13.2 Å². The number of benzene rings is 2. The van der Waals surface area contributed by atoms with Crippen LogP contribution in [0, 0.1) is 13.8 Å². The van der Waals surface area contributed by atoms with Crippen LogP contribution in [0.2, 0.25) is 0 Å². The van der Waals surface area contributed by atoms with E-state index in [0.717, 1.165) is 25.2 Å². The number of rotatable bonds is 5. The highest BCUT2D eigenvalue weighted by Gasteiger charge is 2.22. The van der Waals surface area contributed by atoms with Crippen molar-refractivity contribution in [3.63, 3.8) is 0 Å². The number of likely N-dealkylation sites (N-methyl/N-ethyl adjacent to an activating group) is 1. The van der Waals surface area contributed by atoms with Crippen LogP contribution >= 0.6 is 0 Å². The number of aryl methyl sites for hydroxylation is 2. The van der Waals surface area contributed by atoms with Gasteiger partial charge in [-0.25, -0.2) is 8.42 Å². The lowest BCUT2D eigenvalue weighted by atomic mass is 10.1. The summed E-state index contributed by atoms with van der Waals surface area (Å²) in [6.45, 7) is 9.82. The number of carbonyl (C=O) groups is 1. The predicted octanol–water partition coefficient (Wildman–Crippen LogP) is 2.88. The average molecular weight is 402 g/mol. The van der Waals surface area contributed by atoms with Crippen molar-refractivity contribution in [2.24, 2.45) is 0 Å². The van der Waals surface area contributed by atoms with Gasteiger partial charge >= 0.3 is 0 Å². The van der Waals surface area contributed by atoms with Crippen LogP contribution in [0.15, 0.2) is 47.4 Å². The number of piperazine rings is 1. The summed E-state index contributed by atoms with van der Waals surface area (Å²) in [6, 6.07) is 12.0. The largest absolute Gasteiger partial charge is 0.336 e. The molecule has 1 aliphatic rings. The third kappa shape index (κ3) is 4.54. The summed E-state index contributed by atoms with van der Waals surface area (Å²) in [5.74, 6) is -0.0662. The fraction of sp³-hybridized carbons (Fsp3) is 0.381. The Kier molecular flexibility index (Phi) is 6.05. The summed E-state index contributed by atoms with van der Waals surface area (Å²) in [4.78, 5) is 17.2. The fourth-order valence-corrected chi connectivity index (χ4v) is 4.75. The molecule has 1 fully saturated rings. The third-order valence-electron chi connectivity index (χ3n) is 5.10. The highest BCUT2D eigenvalue weighted by Crippen LogP contribution is 2.22. The number of hydrogen-bond acceptors (Lipinski definition) is 4. The summed E-state index contributed by atoms with van der Waals surface area (Å²) in [7, 11) is -3.73. The van der Waals surface area contributed by atoms with Gasteiger partial charge < -0.3 is 9.80 Å². The second-order valence-electron chi connectivity index (χ2n) is 7.18. The Labute approximate surface area is 167 Å². The molecule has 0 aromatic heterocycles. The molecule has 3 rings (SSSR count). The van der Waals surface area contributed by atoms with Crippen molar-refractivity contribution < 1.29 is 13.2 Å². The Bertz CT molecular complexity index is 965. The molecule has 2 aromatic rings. The molecule has 0 radical (unpaired) electrons. The molecule has 1 heterocycles. The average Bonchev–Trinajstić information content (AvgIpc) is 2.69. The summed E-state index contributed by atoms with van der Waals surface area (Å²) in [5, 5.41) is 0. The van der Waals surface area contributed by atoms with Crippen LogP contribution in [-0.4, -0.2) is 56.8 Å². The lowest BCUT2D eigenvalue weighted by Crippen LogP contribution is -2.48. The highest BCUT2D eigenvalue weighted by atomic mass is 32.2. The zero-order valence-electron chi connectivity index (χ0n) is 16.6. The molecule has 1 saturated heterocycles. The molecule has 28 heavy (non-hydrogen) atoms. The molecule has 0 saturated carbocycles. The highest BCUT2D eigenvalue weighted by molar-refractivity contribution is 7.92. The number of amides is 1. The van der Waals surface area contributed by atoms with Crippen molar-refractivity contribution in [2.45, 2.75) is 25.7 Å². The van der Waals surface area contributed by atoms with E-state index < -0.39 is 10.0 Å². The van der Waals surface area contributed by atoms with Gasteiger partial charge in [-0.2, -0.15) is 0 Å². The van der Waals surface area contributed by atoms with Crippen molar-refractivity contribution in [3.8, 4) is 0 Å². The topological polar surface area (TPSA) is 69.7 Å². The summed E-state index contributed by atoms with van der Waals surface area (Å²) in [6.07, 6.45) is 0. The first-order valence-electron chi connectivity index (χ1n) is 9.52. The van der Waals surface area contributed by atoms with Gasteiger partial charge in [0.15, 0.2) is 0 Å². The fourth-order valence-electron chi connectivity index (χ4n) is 3.37. The zero-order chi connectivity index (χ0) is 20.3. The monoisotopic (exact) mass is 401 g/mol. The van der Waals surface area contributed by atoms with Gasteiger partial charge in [-0.3, -0.25) is 9.52 Å². The van der Waals surface area contributed by atoms with E-state index in [1.807, 2.05) is 17.9 Å². The van der Waals surface area contributed by atoms with Crippen molar-refractivity contribution >= 4 is 21.6 Å². The van der Waals surface area contributed by atoms with E-state index in [4.69, 9.17) is 0 Å². The molecular formula is C21H27N3O3S. The normalized spacial score (nSPS) is 15.5. The Hall–Kier alpha value is -2.38. The van der Waals surface area contributed by atoms with Gasteiger partial charge in [0.25, 0.3) is 15.9 Å². The first kappa shape index (κ1) is 20.4. The predicted molar refractivity (Wildman–Crippen MR) is 111 cm³/mol. The number of sulfonamides is 1. The van der Waals surface area contributed by atoms with Crippen molar-refractivity contribution in [1.82, 2.24) is 9.80 Å². The quantitative estimate of drug-likeness (QED) is 0.836. The molecule has 6 nitrogen and oxygen atoms in total. The summed E-state index contributed by atoms with van der Waals surface area (Å²) >= 11 is 0. The summed E-state index contributed by atoms with van der Waals surface area (Å²) in [5.41, 5.74) is 2.44. The molecule has 0 aliphatic carbocycles. The standard InChI is InChI=1S/C21H27N3O3S/c1-4-23-10-12-24(13-11-23)21(25)18-6-5-7-19(15-18)22-28(26,27)20-14-16(2)8-9-17(20)3/h5-9,14-15,22H,4,10-13H2,1-3H3. The SMILES string of the molecule is CCN1CCN(C(=O)c2cccc(NS(=O)(=O)c3cc(C)ccc3C)c2)CC1. The molecule has 0 bridgehead atoms. The van der Waals surface area contributed by atoms with E-state index >= 15 is 0 Å². The maximum Gasteiger partial charge on any atom is 0.262 e. The van der Waals surface area contributed by atoms with Crippen molar-refractivity contribution in [2.75, 3.05) is 37.4 Å². The third-order valence-corrected chi connectivity index (χ3v) is 6.62. The molecule has 0 atom stereocenters. The molecule has 0 spiro atoms. The van der Waals surface area contributed by atoms with Crippen LogP contribution in [0.4, 0.5) is 5.69 Å². The van der Waals surface area contributed by atoms with Gasteiger partial charge in [0, 0.05) is 37.4 Å². The van der Waals surface area contributed by atoms with E-state index in [-0.39, 0.29) is 10.8 Å². The van der Waals surface area contributed by atoms with Crippen LogP contribution in [0.5, 0.6) is 0 Å². The maximum absolute atomic E-state index is 12.8. The van der Waals surface area contributed by atoms with E-state index in [1.54, 1.807) is 43.3 Å². The number of anilines is 1. The second-order valence-corrected chi connectivity index (χ2v) is 8.83. The maximum atomic E-state index is 12.8. The van der Waals surface area contributed by atoms with Crippen LogP contribution < -0.4 is 4.72 Å². The number of hydrogen-bond donors (Lipinski definition) is 1. The van der Waals surface area contributed by atoms with Gasteiger partial charge in [-0.1, -0.05) is 25.1 Å². The van der Waals surface area contributed by atoms with Gasteiger partial charge in [-0.15, -0.1) is 0 Å². The second kappa shape index (κ2) is 8.32. The van der Waals surface area contributed by atoms with Gasteiger partial charge in [-0.05, 0) is 55.8 Å². The van der Waals surface area contributed by atoms with Crippen LogP contribution in [-0.2, 0) is 10.0 Å². The Balaban J connectivity index is 1.78. The lowest BCUT2D eigenvalue weighted by Gasteiger charge is -2.34.